The summed E-state index contributed by atoms with van der Waals surface area (Å²) in [6.45, 7) is 0.329. The molecule has 2 amide bonds. The molecule has 114 valence electrons. The molecule has 7 heteroatoms. The first-order chi connectivity index (χ1) is 9.96. The van der Waals surface area contributed by atoms with Gasteiger partial charge < -0.3 is 20.5 Å². The second kappa shape index (κ2) is 6.09. The maximum atomic E-state index is 13.6. The summed E-state index contributed by atoms with van der Waals surface area (Å²) in [5.41, 5.74) is -0.606. The van der Waals surface area contributed by atoms with E-state index in [2.05, 4.69) is 10.6 Å². The quantitative estimate of drug-likeness (QED) is 0.777. The first kappa shape index (κ1) is 15.2. The van der Waals surface area contributed by atoms with Crippen LogP contribution in [0.5, 0.6) is 0 Å². The van der Waals surface area contributed by atoms with Crippen molar-refractivity contribution in [2.45, 2.75) is 24.9 Å². The van der Waals surface area contributed by atoms with Crippen molar-refractivity contribution in [1.82, 2.24) is 5.32 Å². The number of urea groups is 1. The number of hydrogen-bond acceptors (Lipinski definition) is 3. The molecule has 21 heavy (non-hydrogen) atoms. The van der Waals surface area contributed by atoms with Crippen molar-refractivity contribution in [3.63, 3.8) is 0 Å². The molecular formula is C14H17FN2O4. The number of carbonyl (C=O) groups excluding carboxylic acids is 1. The maximum Gasteiger partial charge on any atom is 0.335 e. The van der Waals surface area contributed by atoms with E-state index in [1.54, 1.807) is 7.11 Å². The smallest absolute Gasteiger partial charge is 0.335 e. The molecule has 0 saturated heterocycles. The molecule has 0 atom stereocenters. The molecule has 2 rings (SSSR count). The molecule has 0 heterocycles. The van der Waals surface area contributed by atoms with Crippen LogP contribution in [0.4, 0.5) is 14.9 Å². The van der Waals surface area contributed by atoms with Gasteiger partial charge in [0.05, 0.1) is 16.9 Å². The highest BCUT2D eigenvalue weighted by Crippen LogP contribution is 2.34. The summed E-state index contributed by atoms with van der Waals surface area (Å²) in [6.07, 6.45) is 2.78. The Hall–Kier alpha value is -2.15. The molecule has 1 saturated carbocycles. The van der Waals surface area contributed by atoms with Crippen LogP contribution in [0.25, 0.3) is 0 Å². The van der Waals surface area contributed by atoms with E-state index < -0.39 is 17.8 Å². The van der Waals surface area contributed by atoms with E-state index in [4.69, 9.17) is 9.84 Å². The second-order valence-electron chi connectivity index (χ2n) is 5.05. The number of amides is 2. The van der Waals surface area contributed by atoms with E-state index in [-0.39, 0.29) is 16.9 Å². The number of benzene rings is 1. The van der Waals surface area contributed by atoms with E-state index in [0.29, 0.717) is 6.54 Å². The van der Waals surface area contributed by atoms with Gasteiger partial charge in [-0.25, -0.2) is 14.0 Å². The number of hydrogen-bond donors (Lipinski definition) is 3. The molecule has 0 radical (unpaired) electrons. The standard InChI is InChI=1S/C14H17FN2O4/c1-21-14(5-2-6-14)8-16-13(20)17-11-7-9(12(18)19)3-4-10(11)15/h3-4,7H,2,5-6,8H2,1H3,(H,18,19)(H2,16,17,20). The third kappa shape index (κ3) is 3.49. The summed E-state index contributed by atoms with van der Waals surface area (Å²) >= 11 is 0. The van der Waals surface area contributed by atoms with Gasteiger partial charge in [-0.05, 0) is 37.5 Å². The number of halogens is 1. The van der Waals surface area contributed by atoms with Gasteiger partial charge in [-0.3, -0.25) is 0 Å². The average molecular weight is 296 g/mol. The molecule has 0 unspecified atom stereocenters. The molecule has 0 aliphatic heterocycles. The zero-order valence-corrected chi connectivity index (χ0v) is 11.6. The zero-order chi connectivity index (χ0) is 15.5. The van der Waals surface area contributed by atoms with E-state index in [0.717, 1.165) is 37.5 Å². The number of carbonyl (C=O) groups is 2. The topological polar surface area (TPSA) is 87.7 Å². The molecule has 0 bridgehead atoms. The largest absolute Gasteiger partial charge is 0.478 e. The third-order valence-electron chi connectivity index (χ3n) is 3.73. The van der Waals surface area contributed by atoms with Crippen LogP contribution < -0.4 is 10.6 Å². The zero-order valence-electron chi connectivity index (χ0n) is 11.6. The maximum absolute atomic E-state index is 13.6. The first-order valence-electron chi connectivity index (χ1n) is 6.59. The fraction of sp³-hybridized carbons (Fsp3) is 0.429. The van der Waals surface area contributed by atoms with Crippen molar-refractivity contribution in [2.75, 3.05) is 19.0 Å². The lowest BCUT2D eigenvalue weighted by molar-refractivity contribution is -0.0671. The average Bonchev–Trinajstić information content (AvgIpc) is 2.40. The highest BCUT2D eigenvalue weighted by atomic mass is 19.1. The predicted molar refractivity (Wildman–Crippen MR) is 74.0 cm³/mol. The minimum atomic E-state index is -1.19. The van der Waals surface area contributed by atoms with Crippen LogP contribution in [0.1, 0.15) is 29.6 Å². The summed E-state index contributed by atoms with van der Waals surface area (Å²) in [7, 11) is 1.59. The molecule has 1 aromatic rings. The van der Waals surface area contributed by atoms with Crippen LogP contribution >= 0.6 is 0 Å². The van der Waals surface area contributed by atoms with Crippen molar-refractivity contribution in [2.24, 2.45) is 0 Å². The summed E-state index contributed by atoms with van der Waals surface area (Å²) in [6, 6.07) is 2.61. The molecule has 0 aromatic heterocycles. The first-order valence-corrected chi connectivity index (χ1v) is 6.59. The van der Waals surface area contributed by atoms with Gasteiger partial charge in [0, 0.05) is 13.7 Å². The van der Waals surface area contributed by atoms with Gasteiger partial charge in [0.15, 0.2) is 0 Å². The van der Waals surface area contributed by atoms with Crippen LogP contribution in [-0.2, 0) is 4.74 Å². The van der Waals surface area contributed by atoms with Gasteiger partial charge >= 0.3 is 12.0 Å². The van der Waals surface area contributed by atoms with Gasteiger partial charge in [-0.15, -0.1) is 0 Å². The Labute approximate surface area is 121 Å². The molecule has 1 aliphatic carbocycles. The number of carboxylic acids is 1. The molecule has 1 aromatic carbocycles. The second-order valence-corrected chi connectivity index (χ2v) is 5.05. The van der Waals surface area contributed by atoms with E-state index >= 15 is 0 Å². The Morgan fingerprint density at radius 1 is 1.43 bits per heavy atom. The Kier molecular flexibility index (Phi) is 4.42. The SMILES string of the molecule is COC1(CNC(=O)Nc2cc(C(=O)O)ccc2F)CCC1. The van der Waals surface area contributed by atoms with Gasteiger partial charge in [0.2, 0.25) is 0 Å². The third-order valence-corrected chi connectivity index (χ3v) is 3.73. The Balaban J connectivity index is 1.96. The van der Waals surface area contributed by atoms with Crippen molar-refractivity contribution in [1.29, 1.82) is 0 Å². The lowest BCUT2D eigenvalue weighted by Gasteiger charge is -2.40. The molecule has 1 aliphatic rings. The van der Waals surface area contributed by atoms with Crippen LogP contribution in [0.15, 0.2) is 18.2 Å². The van der Waals surface area contributed by atoms with Crippen molar-refractivity contribution < 1.29 is 23.8 Å². The molecular weight excluding hydrogens is 279 g/mol. The highest BCUT2D eigenvalue weighted by molar-refractivity contribution is 5.93. The van der Waals surface area contributed by atoms with E-state index in [9.17, 15) is 14.0 Å². The fourth-order valence-corrected chi connectivity index (χ4v) is 2.19. The number of carboxylic acid groups (broad SMARTS) is 1. The monoisotopic (exact) mass is 296 g/mol. The minimum absolute atomic E-state index is 0.0981. The summed E-state index contributed by atoms with van der Waals surface area (Å²) < 4.78 is 18.9. The van der Waals surface area contributed by atoms with Crippen molar-refractivity contribution in [3.8, 4) is 0 Å². The van der Waals surface area contributed by atoms with E-state index in [1.165, 1.54) is 0 Å². The molecule has 0 spiro atoms. The number of ether oxygens (including phenoxy) is 1. The summed E-state index contributed by atoms with van der Waals surface area (Å²) in [4.78, 5) is 22.6. The Bertz CT molecular complexity index is 552. The van der Waals surface area contributed by atoms with Gasteiger partial charge in [0.1, 0.15) is 5.82 Å². The molecule has 6 nitrogen and oxygen atoms in total. The van der Waals surface area contributed by atoms with Gasteiger partial charge in [0.25, 0.3) is 0 Å². The van der Waals surface area contributed by atoms with Crippen molar-refractivity contribution in [3.05, 3.63) is 29.6 Å². The summed E-state index contributed by atoms with van der Waals surface area (Å²) in [5.74, 6) is -1.88. The lowest BCUT2D eigenvalue weighted by Crippen LogP contribution is -2.50. The summed E-state index contributed by atoms with van der Waals surface area (Å²) in [5, 5.41) is 13.8. The number of nitrogens with one attached hydrogen (secondary N) is 2. The van der Waals surface area contributed by atoms with Crippen LogP contribution in [-0.4, -0.2) is 36.4 Å². The number of aromatic carboxylic acids is 1. The van der Waals surface area contributed by atoms with Crippen LogP contribution in [0.3, 0.4) is 0 Å². The minimum Gasteiger partial charge on any atom is -0.478 e. The fourth-order valence-electron chi connectivity index (χ4n) is 2.19. The Morgan fingerprint density at radius 3 is 2.67 bits per heavy atom. The highest BCUT2D eigenvalue weighted by Gasteiger charge is 2.37. The van der Waals surface area contributed by atoms with Gasteiger partial charge in [-0.2, -0.15) is 0 Å². The van der Waals surface area contributed by atoms with E-state index in [1.807, 2.05) is 0 Å². The van der Waals surface area contributed by atoms with Crippen LogP contribution in [0.2, 0.25) is 0 Å². The van der Waals surface area contributed by atoms with Gasteiger partial charge in [-0.1, -0.05) is 0 Å². The Morgan fingerprint density at radius 2 is 2.14 bits per heavy atom. The lowest BCUT2D eigenvalue weighted by atomic mass is 9.80. The number of rotatable bonds is 5. The number of methoxy groups -OCH3 is 1. The molecule has 3 N–H and O–H groups in total. The predicted octanol–water partition coefficient (Wildman–Crippen LogP) is 2.21. The number of anilines is 1. The van der Waals surface area contributed by atoms with Crippen LogP contribution in [0, 0.1) is 5.82 Å². The molecule has 1 fully saturated rings. The van der Waals surface area contributed by atoms with Crippen molar-refractivity contribution >= 4 is 17.7 Å². The normalized spacial score (nSPS) is 15.9.